The van der Waals surface area contributed by atoms with E-state index >= 15 is 0 Å². The van der Waals surface area contributed by atoms with E-state index in [0.29, 0.717) is 0 Å². The van der Waals surface area contributed by atoms with Crippen LogP contribution in [0.3, 0.4) is 0 Å². The molecule has 168 valence electrons. The number of rotatable bonds is 7. The molecule has 4 rings (SSSR count). The first kappa shape index (κ1) is 22.3. The summed E-state index contributed by atoms with van der Waals surface area (Å²) in [6, 6.07) is 18.7. The minimum Gasteiger partial charge on any atom is -0.358 e. The van der Waals surface area contributed by atoms with Crippen LogP contribution in [0.1, 0.15) is 59.1 Å². The number of hydrogen-bond acceptors (Lipinski definition) is 3. The predicted octanol–water partition coefficient (Wildman–Crippen LogP) is 4.54. The van der Waals surface area contributed by atoms with Crippen LogP contribution in [0.15, 0.2) is 54.6 Å². The van der Waals surface area contributed by atoms with Gasteiger partial charge in [0.2, 0.25) is 5.91 Å². The van der Waals surface area contributed by atoms with E-state index in [4.69, 9.17) is 5.10 Å². The largest absolute Gasteiger partial charge is 0.358 e. The second-order valence-corrected chi connectivity index (χ2v) is 8.72. The molecular weight excluding hydrogens is 396 g/mol. The Hall–Kier alpha value is -2.92. The lowest BCUT2D eigenvalue weighted by molar-refractivity contribution is -0.127. The molecule has 0 radical (unpaired) electrons. The molecule has 3 aromatic rings. The molecule has 0 saturated carbocycles. The summed E-state index contributed by atoms with van der Waals surface area (Å²) in [6.45, 7) is 8.12. The predicted molar refractivity (Wildman–Crippen MR) is 129 cm³/mol. The lowest BCUT2D eigenvalue weighted by Crippen LogP contribution is -2.45. The van der Waals surface area contributed by atoms with Crippen molar-refractivity contribution in [2.24, 2.45) is 0 Å². The van der Waals surface area contributed by atoms with Crippen LogP contribution < -0.4 is 5.32 Å². The zero-order valence-electron chi connectivity index (χ0n) is 19.6. The number of fused-ring (bicyclic) bond motifs is 1. The van der Waals surface area contributed by atoms with Crippen LogP contribution in [0.5, 0.6) is 0 Å². The summed E-state index contributed by atoms with van der Waals surface area (Å²) in [5, 5.41) is 7.77. The molecule has 2 atom stereocenters. The van der Waals surface area contributed by atoms with Crippen LogP contribution in [0, 0.1) is 13.8 Å². The number of nitrogens with one attached hydrogen (secondary N) is 1. The highest BCUT2D eigenvalue weighted by Crippen LogP contribution is 2.40. The van der Waals surface area contributed by atoms with E-state index in [1.165, 1.54) is 22.4 Å². The zero-order chi connectivity index (χ0) is 22.7. The summed E-state index contributed by atoms with van der Waals surface area (Å²) >= 11 is 0. The van der Waals surface area contributed by atoms with Crippen molar-refractivity contribution in [3.05, 3.63) is 88.2 Å². The van der Waals surface area contributed by atoms with Gasteiger partial charge in [-0.2, -0.15) is 5.10 Å². The van der Waals surface area contributed by atoms with Crippen molar-refractivity contribution in [3.63, 3.8) is 0 Å². The van der Waals surface area contributed by atoms with E-state index < -0.39 is 0 Å². The third kappa shape index (κ3) is 4.35. The van der Waals surface area contributed by atoms with E-state index in [1.807, 2.05) is 18.2 Å². The van der Waals surface area contributed by atoms with Crippen molar-refractivity contribution in [1.82, 2.24) is 20.0 Å². The van der Waals surface area contributed by atoms with Crippen molar-refractivity contribution in [1.29, 1.82) is 0 Å². The summed E-state index contributed by atoms with van der Waals surface area (Å²) < 4.78 is 2.15. The molecule has 1 amide bonds. The Balaban J connectivity index is 1.75. The number of nitrogens with zero attached hydrogens (tertiary/aromatic N) is 3. The number of carbonyl (C=O) groups excluding carboxylic acids is 1. The van der Waals surface area contributed by atoms with Gasteiger partial charge in [0, 0.05) is 43.9 Å². The maximum absolute atomic E-state index is 13.2. The van der Waals surface area contributed by atoms with Gasteiger partial charge in [0.1, 0.15) is 6.04 Å². The maximum atomic E-state index is 13.2. The highest BCUT2D eigenvalue weighted by atomic mass is 16.2. The summed E-state index contributed by atoms with van der Waals surface area (Å²) in [4.78, 5) is 15.6. The fourth-order valence-electron chi connectivity index (χ4n) is 5.21. The first-order valence-corrected chi connectivity index (χ1v) is 11.7. The second-order valence-electron chi connectivity index (χ2n) is 8.72. The Labute approximate surface area is 191 Å². The van der Waals surface area contributed by atoms with Gasteiger partial charge < -0.3 is 5.32 Å². The Kier molecular flexibility index (Phi) is 6.75. The summed E-state index contributed by atoms with van der Waals surface area (Å²) in [5.41, 5.74) is 7.40. The summed E-state index contributed by atoms with van der Waals surface area (Å²) in [5.74, 6) is 0.0424. The molecule has 2 aromatic carbocycles. The molecular formula is C27H34N4O. The molecule has 0 fully saturated rings. The highest BCUT2D eigenvalue weighted by molar-refractivity contribution is 5.83. The number of aromatic nitrogens is 2. The fourth-order valence-corrected chi connectivity index (χ4v) is 5.21. The summed E-state index contributed by atoms with van der Waals surface area (Å²) in [7, 11) is 1.73. The van der Waals surface area contributed by atoms with Gasteiger partial charge in [0.15, 0.2) is 0 Å². The van der Waals surface area contributed by atoms with Gasteiger partial charge in [0.25, 0.3) is 0 Å². The molecule has 1 aromatic heterocycles. The quantitative estimate of drug-likeness (QED) is 0.599. The number of aryl methyl sites for hydroxylation is 4. The van der Waals surface area contributed by atoms with Crippen molar-refractivity contribution in [3.8, 4) is 0 Å². The molecule has 2 heterocycles. The third-order valence-corrected chi connectivity index (χ3v) is 6.65. The molecule has 0 unspecified atom stereocenters. The van der Waals surface area contributed by atoms with Gasteiger partial charge in [0.05, 0.1) is 5.69 Å². The average Bonchev–Trinajstić information content (AvgIpc) is 3.14. The van der Waals surface area contributed by atoms with Gasteiger partial charge in [-0.1, -0.05) is 60.2 Å². The zero-order valence-corrected chi connectivity index (χ0v) is 19.6. The summed E-state index contributed by atoms with van der Waals surface area (Å²) in [6.07, 6.45) is 2.83. The van der Waals surface area contributed by atoms with Crippen LogP contribution >= 0.6 is 0 Å². The van der Waals surface area contributed by atoms with Crippen LogP contribution in [0.2, 0.25) is 0 Å². The van der Waals surface area contributed by atoms with E-state index in [0.717, 1.165) is 43.6 Å². The van der Waals surface area contributed by atoms with Gasteiger partial charge in [-0.15, -0.1) is 0 Å². The smallest absolute Gasteiger partial charge is 0.241 e. The Bertz CT molecular complexity index is 1070. The van der Waals surface area contributed by atoms with Crippen LogP contribution in [-0.2, 0) is 24.2 Å². The molecule has 1 N–H and O–H groups in total. The van der Waals surface area contributed by atoms with Crippen molar-refractivity contribution in [2.45, 2.75) is 58.7 Å². The number of likely N-dealkylation sites (N-methyl/N-ethyl adjacent to an activating group) is 1. The van der Waals surface area contributed by atoms with Crippen LogP contribution in [0.25, 0.3) is 0 Å². The Morgan fingerprint density at radius 3 is 2.62 bits per heavy atom. The topological polar surface area (TPSA) is 50.2 Å². The van der Waals surface area contributed by atoms with E-state index in [2.05, 4.69) is 72.1 Å². The normalized spacial score (nSPS) is 17.1. The first-order chi connectivity index (χ1) is 15.5. The lowest BCUT2D eigenvalue weighted by Gasteiger charge is -2.41. The van der Waals surface area contributed by atoms with Gasteiger partial charge >= 0.3 is 0 Å². The molecule has 0 saturated heterocycles. The van der Waals surface area contributed by atoms with Crippen molar-refractivity contribution < 1.29 is 4.79 Å². The Morgan fingerprint density at radius 1 is 1.16 bits per heavy atom. The van der Waals surface area contributed by atoms with Gasteiger partial charge in [-0.25, -0.2) is 0 Å². The average molecular weight is 431 g/mol. The first-order valence-electron chi connectivity index (χ1n) is 11.7. The molecule has 0 aliphatic carbocycles. The number of carbonyl (C=O) groups is 1. The molecule has 32 heavy (non-hydrogen) atoms. The minimum absolute atomic E-state index is 0.0424. The van der Waals surface area contributed by atoms with Crippen molar-refractivity contribution >= 4 is 5.91 Å². The standard InChI is InChI=1S/C27H34N4O/c1-5-31-24-16-17-30(26(27(32)28-4)22-12-7-6-8-13-22)23(25(24)20(3)29-31)15-14-21-11-9-10-19(2)18-21/h6-13,18,23,26H,5,14-17H2,1-4H3,(H,28,32)/t23-,26+/m0/s1. The lowest BCUT2D eigenvalue weighted by atomic mass is 9.88. The third-order valence-electron chi connectivity index (χ3n) is 6.65. The molecule has 0 spiro atoms. The van der Waals surface area contributed by atoms with Gasteiger partial charge in [-0.05, 0) is 44.7 Å². The van der Waals surface area contributed by atoms with Crippen LogP contribution in [-0.4, -0.2) is 34.2 Å². The monoisotopic (exact) mass is 430 g/mol. The number of hydrogen-bond donors (Lipinski definition) is 1. The number of benzene rings is 2. The van der Waals surface area contributed by atoms with E-state index in [-0.39, 0.29) is 18.0 Å². The Morgan fingerprint density at radius 2 is 1.94 bits per heavy atom. The van der Waals surface area contributed by atoms with E-state index in [1.54, 1.807) is 7.05 Å². The van der Waals surface area contributed by atoms with E-state index in [9.17, 15) is 4.79 Å². The van der Waals surface area contributed by atoms with Gasteiger partial charge in [-0.3, -0.25) is 14.4 Å². The maximum Gasteiger partial charge on any atom is 0.241 e. The van der Waals surface area contributed by atoms with Crippen molar-refractivity contribution in [2.75, 3.05) is 13.6 Å². The minimum atomic E-state index is -0.318. The number of amides is 1. The molecule has 1 aliphatic rings. The second kappa shape index (κ2) is 9.70. The fraction of sp³-hybridized carbons (Fsp3) is 0.407. The molecule has 5 heteroatoms. The molecule has 1 aliphatic heterocycles. The molecule has 0 bridgehead atoms. The SMILES string of the molecule is CCn1nc(C)c2c1CCN([C@@H](C(=O)NC)c1ccccc1)[C@H]2CCc1cccc(C)c1. The molecule has 5 nitrogen and oxygen atoms in total. The van der Waals surface area contributed by atoms with Crippen LogP contribution in [0.4, 0.5) is 0 Å². The highest BCUT2D eigenvalue weighted by Gasteiger charge is 2.38.